The number of rotatable bonds is 7. The van der Waals surface area contributed by atoms with E-state index in [1.54, 1.807) is 43.4 Å². The van der Waals surface area contributed by atoms with Crippen LogP contribution in [0.5, 0.6) is 11.5 Å². The van der Waals surface area contributed by atoms with Crippen molar-refractivity contribution in [3.63, 3.8) is 0 Å². The molecule has 0 bridgehead atoms. The maximum Gasteiger partial charge on any atom is 0.295 e. The molecule has 5 rings (SSSR count). The Bertz CT molecular complexity index is 1150. The summed E-state index contributed by atoms with van der Waals surface area (Å²) in [7, 11) is 3.20. The van der Waals surface area contributed by atoms with E-state index in [1.165, 1.54) is 0 Å². The lowest BCUT2D eigenvalue weighted by Crippen LogP contribution is -2.35. The first-order valence-corrected chi connectivity index (χ1v) is 11.9. The van der Waals surface area contributed by atoms with Gasteiger partial charge in [0.15, 0.2) is 0 Å². The molecule has 8 nitrogen and oxygen atoms in total. The van der Waals surface area contributed by atoms with E-state index in [0.717, 1.165) is 42.8 Å². The Balaban J connectivity index is 1.58. The number of amides is 1. The predicted molar refractivity (Wildman–Crippen MR) is 129 cm³/mol. The first kappa shape index (κ1) is 23.4. The summed E-state index contributed by atoms with van der Waals surface area (Å²) in [5.41, 5.74) is 2.34. The summed E-state index contributed by atoms with van der Waals surface area (Å²) < 4.78 is 16.3. The van der Waals surface area contributed by atoms with Crippen LogP contribution in [0.25, 0.3) is 5.76 Å². The number of hydrogen-bond acceptors (Lipinski definition) is 7. The molecular weight excluding hydrogens is 448 g/mol. The van der Waals surface area contributed by atoms with Gasteiger partial charge in [0.2, 0.25) is 0 Å². The van der Waals surface area contributed by atoms with Crippen molar-refractivity contribution in [2.24, 2.45) is 0 Å². The quantitative estimate of drug-likeness (QED) is 0.372. The van der Waals surface area contributed by atoms with Crippen molar-refractivity contribution in [1.29, 1.82) is 0 Å². The number of aliphatic hydroxyl groups excluding tert-OH is 1. The summed E-state index contributed by atoms with van der Waals surface area (Å²) in [6.45, 7) is 3.69. The molecule has 1 amide bonds. The fourth-order valence-corrected chi connectivity index (χ4v) is 4.90. The monoisotopic (exact) mass is 478 g/mol. The third-order valence-electron chi connectivity index (χ3n) is 6.90. The maximum absolute atomic E-state index is 13.2. The van der Waals surface area contributed by atoms with Crippen LogP contribution in [-0.4, -0.2) is 73.2 Å². The summed E-state index contributed by atoms with van der Waals surface area (Å²) in [4.78, 5) is 30.3. The van der Waals surface area contributed by atoms with Crippen molar-refractivity contribution in [1.82, 2.24) is 9.80 Å². The number of Topliss-reactive ketones (excluding diaryl/α,β-unsaturated/α-hetero) is 1. The highest BCUT2D eigenvalue weighted by Gasteiger charge is 2.51. The molecule has 35 heavy (non-hydrogen) atoms. The highest BCUT2D eigenvalue weighted by atomic mass is 16.5. The van der Waals surface area contributed by atoms with Crippen molar-refractivity contribution in [2.45, 2.75) is 31.5 Å². The van der Waals surface area contributed by atoms with Crippen LogP contribution in [0.4, 0.5) is 0 Å². The van der Waals surface area contributed by atoms with Gasteiger partial charge in [-0.15, -0.1) is 0 Å². The first-order valence-electron chi connectivity index (χ1n) is 11.9. The molecule has 2 aliphatic heterocycles. The van der Waals surface area contributed by atoms with E-state index < -0.39 is 17.7 Å². The lowest BCUT2D eigenvalue weighted by molar-refractivity contribution is -0.140. The van der Waals surface area contributed by atoms with Crippen LogP contribution >= 0.6 is 0 Å². The van der Waals surface area contributed by atoms with Gasteiger partial charge < -0.3 is 24.2 Å². The number of methoxy groups -OCH3 is 2. The minimum atomic E-state index is -0.654. The van der Waals surface area contributed by atoms with Gasteiger partial charge in [0.25, 0.3) is 11.7 Å². The van der Waals surface area contributed by atoms with Gasteiger partial charge in [0.1, 0.15) is 17.3 Å². The third kappa shape index (κ3) is 4.51. The van der Waals surface area contributed by atoms with Crippen LogP contribution in [0.1, 0.15) is 35.6 Å². The zero-order valence-corrected chi connectivity index (χ0v) is 20.0. The van der Waals surface area contributed by atoms with Gasteiger partial charge in [-0.05, 0) is 54.8 Å². The Hall–Kier alpha value is -3.36. The minimum Gasteiger partial charge on any atom is -0.507 e. The number of ether oxygens (including phenoxy) is 3. The van der Waals surface area contributed by atoms with Crippen LogP contribution in [0.3, 0.4) is 0 Å². The van der Waals surface area contributed by atoms with Gasteiger partial charge >= 0.3 is 0 Å². The van der Waals surface area contributed by atoms with Crippen LogP contribution in [0.15, 0.2) is 48.0 Å². The third-order valence-corrected chi connectivity index (χ3v) is 6.90. The lowest BCUT2D eigenvalue weighted by atomic mass is 9.93. The number of nitrogens with zero attached hydrogens (tertiary/aromatic N) is 2. The number of hydrogen-bond donors (Lipinski definition) is 1. The van der Waals surface area contributed by atoms with Gasteiger partial charge in [-0.3, -0.25) is 14.5 Å². The topological polar surface area (TPSA) is 88.5 Å². The Morgan fingerprint density at radius 2 is 1.74 bits per heavy atom. The Morgan fingerprint density at radius 3 is 2.37 bits per heavy atom. The molecule has 184 valence electrons. The van der Waals surface area contributed by atoms with Crippen molar-refractivity contribution in [3.8, 4) is 11.5 Å². The average Bonchev–Trinajstić information content (AvgIpc) is 3.70. The minimum absolute atomic E-state index is 0.00223. The average molecular weight is 479 g/mol. The normalized spacial score (nSPS) is 22.5. The molecular formula is C27H30N2O6. The fraction of sp³-hybridized carbons (Fsp3) is 0.407. The van der Waals surface area contributed by atoms with E-state index >= 15 is 0 Å². The number of morpholine rings is 1. The predicted octanol–water partition coefficient (Wildman–Crippen LogP) is 3.12. The van der Waals surface area contributed by atoms with Crippen molar-refractivity contribution in [2.75, 3.05) is 40.5 Å². The van der Waals surface area contributed by atoms with Gasteiger partial charge in [-0.2, -0.15) is 0 Å². The molecule has 8 heteroatoms. The molecule has 1 atom stereocenters. The van der Waals surface area contributed by atoms with E-state index in [9.17, 15) is 14.7 Å². The number of carbonyl (C=O) groups is 2. The van der Waals surface area contributed by atoms with E-state index in [4.69, 9.17) is 14.2 Å². The number of aliphatic hydroxyl groups is 1. The first-order chi connectivity index (χ1) is 17.0. The second-order valence-corrected chi connectivity index (χ2v) is 9.13. The van der Waals surface area contributed by atoms with Crippen LogP contribution in [0.2, 0.25) is 0 Å². The van der Waals surface area contributed by atoms with E-state index in [2.05, 4.69) is 4.90 Å². The Kier molecular flexibility index (Phi) is 6.49. The van der Waals surface area contributed by atoms with Gasteiger partial charge in [0, 0.05) is 36.8 Å². The standard InChI is InChI=1S/C27H30N2O6/c1-33-21-8-3-17(4-9-21)25(30)23-24(29(20-6-7-20)27(32)26(23)31)18-5-10-22(34-2)19(15-18)16-28-11-13-35-14-12-28/h3-5,8-10,15,20,24,30H,6-7,11-14,16H2,1-2H3/b25-23+. The molecule has 3 fully saturated rings. The van der Waals surface area contributed by atoms with E-state index in [0.29, 0.717) is 31.1 Å². The summed E-state index contributed by atoms with van der Waals surface area (Å²) in [6, 6.07) is 11.9. The van der Waals surface area contributed by atoms with Crippen LogP contribution in [-0.2, 0) is 20.9 Å². The Morgan fingerprint density at radius 1 is 1.03 bits per heavy atom. The summed E-state index contributed by atoms with van der Waals surface area (Å²) in [5.74, 6) is 0.00165. The van der Waals surface area contributed by atoms with E-state index in [1.807, 2.05) is 18.2 Å². The summed E-state index contributed by atoms with van der Waals surface area (Å²) in [5, 5.41) is 11.2. The molecule has 3 aliphatic rings. The second kappa shape index (κ2) is 9.71. The maximum atomic E-state index is 13.2. The van der Waals surface area contributed by atoms with Gasteiger partial charge in [0.05, 0.1) is 39.0 Å². The van der Waals surface area contributed by atoms with Crippen LogP contribution < -0.4 is 9.47 Å². The number of likely N-dealkylation sites (tertiary alicyclic amines) is 1. The highest BCUT2D eigenvalue weighted by molar-refractivity contribution is 6.46. The van der Waals surface area contributed by atoms with Gasteiger partial charge in [-0.1, -0.05) is 6.07 Å². The zero-order chi connectivity index (χ0) is 24.5. The summed E-state index contributed by atoms with van der Waals surface area (Å²) in [6.07, 6.45) is 1.70. The highest BCUT2D eigenvalue weighted by Crippen LogP contribution is 2.46. The summed E-state index contributed by atoms with van der Waals surface area (Å²) >= 11 is 0. The van der Waals surface area contributed by atoms with Gasteiger partial charge in [-0.25, -0.2) is 0 Å². The lowest BCUT2D eigenvalue weighted by Gasteiger charge is -2.29. The van der Waals surface area contributed by atoms with Crippen molar-refractivity contribution in [3.05, 3.63) is 64.7 Å². The van der Waals surface area contributed by atoms with Crippen molar-refractivity contribution >= 4 is 17.4 Å². The molecule has 1 saturated carbocycles. The molecule has 2 aromatic rings. The number of benzene rings is 2. The molecule has 1 unspecified atom stereocenters. The number of carbonyl (C=O) groups excluding carboxylic acids is 2. The van der Waals surface area contributed by atoms with Crippen LogP contribution in [0, 0.1) is 0 Å². The molecule has 1 N–H and O–H groups in total. The fourth-order valence-electron chi connectivity index (χ4n) is 4.90. The zero-order valence-electron chi connectivity index (χ0n) is 20.0. The van der Waals surface area contributed by atoms with Crippen molar-refractivity contribution < 1.29 is 28.9 Å². The largest absolute Gasteiger partial charge is 0.507 e. The molecule has 0 aromatic heterocycles. The number of ketones is 1. The molecule has 2 aromatic carbocycles. The second-order valence-electron chi connectivity index (χ2n) is 9.13. The molecule has 1 aliphatic carbocycles. The molecule has 2 heterocycles. The molecule has 0 radical (unpaired) electrons. The smallest absolute Gasteiger partial charge is 0.295 e. The Labute approximate surface area is 204 Å². The van der Waals surface area contributed by atoms with E-state index in [-0.39, 0.29) is 17.4 Å². The SMILES string of the molecule is COc1ccc(/C(O)=C2\C(=O)C(=O)N(C3CC3)C2c2ccc(OC)c(CN3CCOCC3)c2)cc1. The molecule has 2 saturated heterocycles. The molecule has 0 spiro atoms.